The Morgan fingerprint density at radius 1 is 1.27 bits per heavy atom. The van der Waals surface area contributed by atoms with Crippen LogP contribution in [0.3, 0.4) is 0 Å². The molecule has 4 heteroatoms. The van der Waals surface area contributed by atoms with E-state index in [-0.39, 0.29) is 11.9 Å². The molecule has 0 aliphatic heterocycles. The lowest BCUT2D eigenvalue weighted by Gasteiger charge is -2.18. The highest BCUT2D eigenvalue weighted by Gasteiger charge is 2.27. The van der Waals surface area contributed by atoms with Crippen molar-refractivity contribution in [1.29, 1.82) is 0 Å². The fourth-order valence-corrected chi connectivity index (χ4v) is 3.22. The van der Waals surface area contributed by atoms with Crippen molar-refractivity contribution in [2.75, 3.05) is 0 Å². The van der Waals surface area contributed by atoms with Crippen molar-refractivity contribution in [3.05, 3.63) is 69.7 Å². The number of carbonyl (C=O) groups excluding carboxylic acids is 1. The fraction of sp³-hybridized carbons (Fsp3) is 0.278. The van der Waals surface area contributed by atoms with E-state index < -0.39 is 6.04 Å². The van der Waals surface area contributed by atoms with Crippen LogP contribution < -0.4 is 11.1 Å². The van der Waals surface area contributed by atoms with Crippen molar-refractivity contribution in [3.8, 4) is 0 Å². The molecule has 0 saturated carbocycles. The Morgan fingerprint density at radius 2 is 2.00 bits per heavy atom. The number of aryl methyl sites for hydroxylation is 1. The van der Waals surface area contributed by atoms with E-state index in [4.69, 9.17) is 17.3 Å². The molecule has 0 spiro atoms. The molecule has 2 unspecified atom stereocenters. The van der Waals surface area contributed by atoms with Gasteiger partial charge in [0.25, 0.3) is 0 Å². The molecule has 1 aliphatic rings. The van der Waals surface area contributed by atoms with Gasteiger partial charge in [0.1, 0.15) is 6.04 Å². The van der Waals surface area contributed by atoms with Gasteiger partial charge in [0, 0.05) is 5.02 Å². The molecular formula is C18H19ClN2O. The predicted molar refractivity (Wildman–Crippen MR) is 88.8 cm³/mol. The van der Waals surface area contributed by atoms with E-state index in [2.05, 4.69) is 5.32 Å². The maximum atomic E-state index is 12.4. The normalized spacial score (nSPS) is 17.9. The Hall–Kier alpha value is -1.84. The van der Waals surface area contributed by atoms with Crippen LogP contribution in [0.15, 0.2) is 42.5 Å². The van der Waals surface area contributed by atoms with Crippen LogP contribution in [0.25, 0.3) is 0 Å². The van der Waals surface area contributed by atoms with Gasteiger partial charge >= 0.3 is 0 Å². The number of rotatable bonds is 3. The molecule has 3 nitrogen and oxygen atoms in total. The maximum absolute atomic E-state index is 12.4. The van der Waals surface area contributed by atoms with Gasteiger partial charge in [0.15, 0.2) is 0 Å². The molecule has 0 fully saturated rings. The molecule has 0 saturated heterocycles. The number of hydrogen-bond donors (Lipinski definition) is 2. The van der Waals surface area contributed by atoms with Gasteiger partial charge in [0.05, 0.1) is 6.04 Å². The summed E-state index contributed by atoms with van der Waals surface area (Å²) in [7, 11) is 0. The maximum Gasteiger partial charge on any atom is 0.241 e. The summed E-state index contributed by atoms with van der Waals surface area (Å²) in [6, 6.07) is 12.9. The molecule has 1 amide bonds. The number of nitrogens with two attached hydrogens (primary N) is 1. The Morgan fingerprint density at radius 3 is 2.73 bits per heavy atom. The van der Waals surface area contributed by atoms with E-state index in [0.29, 0.717) is 0 Å². The zero-order valence-corrected chi connectivity index (χ0v) is 13.2. The third-order valence-corrected chi connectivity index (χ3v) is 4.60. The van der Waals surface area contributed by atoms with Gasteiger partial charge in [-0.2, -0.15) is 0 Å². The number of hydrogen-bond acceptors (Lipinski definition) is 2. The first-order chi connectivity index (χ1) is 10.6. The van der Waals surface area contributed by atoms with Crippen LogP contribution in [0, 0.1) is 6.92 Å². The Kier molecular flexibility index (Phi) is 4.19. The molecular weight excluding hydrogens is 296 g/mol. The zero-order valence-electron chi connectivity index (χ0n) is 12.5. The van der Waals surface area contributed by atoms with Crippen LogP contribution in [-0.2, 0) is 11.2 Å². The number of carbonyl (C=O) groups is 1. The van der Waals surface area contributed by atoms with E-state index in [1.54, 1.807) is 0 Å². The van der Waals surface area contributed by atoms with E-state index in [1.165, 1.54) is 0 Å². The number of amides is 1. The van der Waals surface area contributed by atoms with Gasteiger partial charge in [-0.05, 0) is 42.5 Å². The summed E-state index contributed by atoms with van der Waals surface area (Å²) in [5.41, 5.74) is 10.3. The van der Waals surface area contributed by atoms with E-state index in [1.807, 2.05) is 49.4 Å². The van der Waals surface area contributed by atoms with Gasteiger partial charge in [-0.25, -0.2) is 0 Å². The van der Waals surface area contributed by atoms with Gasteiger partial charge < -0.3 is 11.1 Å². The van der Waals surface area contributed by atoms with Gasteiger partial charge in [-0.15, -0.1) is 0 Å². The summed E-state index contributed by atoms with van der Waals surface area (Å²) in [5, 5.41) is 3.83. The topological polar surface area (TPSA) is 55.1 Å². The first-order valence-electron chi connectivity index (χ1n) is 7.46. The van der Waals surface area contributed by atoms with Crippen molar-refractivity contribution in [2.24, 2.45) is 5.73 Å². The van der Waals surface area contributed by atoms with Gasteiger partial charge in [-0.3, -0.25) is 4.79 Å². The first kappa shape index (κ1) is 15.1. The molecule has 22 heavy (non-hydrogen) atoms. The zero-order chi connectivity index (χ0) is 15.7. The SMILES string of the molecule is Cc1ccc(C(N)C(=O)NC2CCc3c(Cl)cccc32)cc1. The summed E-state index contributed by atoms with van der Waals surface area (Å²) < 4.78 is 0. The molecule has 2 atom stereocenters. The molecule has 3 rings (SSSR count). The lowest BCUT2D eigenvalue weighted by atomic mass is 10.0. The van der Waals surface area contributed by atoms with Crippen molar-refractivity contribution in [1.82, 2.24) is 5.32 Å². The molecule has 2 aromatic carbocycles. The van der Waals surface area contributed by atoms with E-state index >= 15 is 0 Å². The predicted octanol–water partition coefficient (Wildman–Crippen LogP) is 3.45. The van der Waals surface area contributed by atoms with Crippen LogP contribution >= 0.6 is 11.6 Å². The molecule has 1 aliphatic carbocycles. The average Bonchev–Trinajstić information content (AvgIpc) is 2.92. The van der Waals surface area contributed by atoms with Crippen LogP contribution in [-0.4, -0.2) is 5.91 Å². The molecule has 3 N–H and O–H groups in total. The van der Waals surface area contributed by atoms with Crippen LogP contribution in [0.1, 0.15) is 40.8 Å². The monoisotopic (exact) mass is 314 g/mol. The quantitative estimate of drug-likeness (QED) is 0.911. The number of benzene rings is 2. The summed E-state index contributed by atoms with van der Waals surface area (Å²) in [6.07, 6.45) is 1.76. The smallest absolute Gasteiger partial charge is 0.241 e. The molecule has 0 radical (unpaired) electrons. The van der Waals surface area contributed by atoms with Crippen molar-refractivity contribution < 1.29 is 4.79 Å². The minimum atomic E-state index is -0.649. The van der Waals surface area contributed by atoms with E-state index in [0.717, 1.165) is 40.1 Å². The lowest BCUT2D eigenvalue weighted by Crippen LogP contribution is -2.36. The Labute approximate surface area is 135 Å². The second-order valence-electron chi connectivity index (χ2n) is 5.80. The summed E-state index contributed by atoms with van der Waals surface area (Å²) >= 11 is 6.21. The van der Waals surface area contributed by atoms with Crippen LogP contribution in [0.2, 0.25) is 5.02 Å². The van der Waals surface area contributed by atoms with Crippen molar-refractivity contribution in [3.63, 3.8) is 0 Å². The van der Waals surface area contributed by atoms with Crippen LogP contribution in [0.4, 0.5) is 0 Å². The standard InChI is InChI=1S/C18H19ClN2O/c1-11-5-7-12(8-6-11)17(20)18(22)21-16-10-9-13-14(16)3-2-4-15(13)19/h2-8,16-17H,9-10,20H2,1H3,(H,21,22). The first-order valence-corrected chi connectivity index (χ1v) is 7.84. The largest absolute Gasteiger partial charge is 0.348 e. The summed E-state index contributed by atoms with van der Waals surface area (Å²) in [6.45, 7) is 2.01. The highest BCUT2D eigenvalue weighted by molar-refractivity contribution is 6.31. The van der Waals surface area contributed by atoms with E-state index in [9.17, 15) is 4.79 Å². The third-order valence-electron chi connectivity index (χ3n) is 4.25. The van der Waals surface area contributed by atoms with Crippen molar-refractivity contribution >= 4 is 17.5 Å². The average molecular weight is 315 g/mol. The minimum absolute atomic E-state index is 0.00213. The number of halogens is 1. The lowest BCUT2D eigenvalue weighted by molar-refractivity contribution is -0.123. The highest BCUT2D eigenvalue weighted by atomic mass is 35.5. The molecule has 2 aromatic rings. The minimum Gasteiger partial charge on any atom is -0.348 e. The van der Waals surface area contributed by atoms with Gasteiger partial charge in [0.2, 0.25) is 5.91 Å². The number of fused-ring (bicyclic) bond motifs is 1. The van der Waals surface area contributed by atoms with Gasteiger partial charge in [-0.1, -0.05) is 53.6 Å². The van der Waals surface area contributed by atoms with Crippen molar-refractivity contribution in [2.45, 2.75) is 31.8 Å². The summed E-state index contributed by atoms with van der Waals surface area (Å²) in [4.78, 5) is 12.4. The molecule has 114 valence electrons. The molecule has 0 bridgehead atoms. The molecule has 0 aromatic heterocycles. The fourth-order valence-electron chi connectivity index (χ4n) is 2.95. The molecule has 0 heterocycles. The highest BCUT2D eigenvalue weighted by Crippen LogP contribution is 2.35. The second-order valence-corrected chi connectivity index (χ2v) is 6.20. The Bertz CT molecular complexity index is 697. The van der Waals surface area contributed by atoms with Crippen LogP contribution in [0.5, 0.6) is 0 Å². The number of nitrogens with one attached hydrogen (secondary N) is 1. The third kappa shape index (κ3) is 2.87. The summed E-state index contributed by atoms with van der Waals surface area (Å²) in [5.74, 6) is -0.151. The Balaban J connectivity index is 1.73. The second kappa shape index (κ2) is 6.11.